The van der Waals surface area contributed by atoms with E-state index in [1.807, 2.05) is 30.3 Å². The Labute approximate surface area is 181 Å². The van der Waals surface area contributed by atoms with Gasteiger partial charge in [0.05, 0.1) is 11.8 Å². The topological polar surface area (TPSA) is 67.8 Å². The van der Waals surface area contributed by atoms with Gasteiger partial charge in [0.15, 0.2) is 0 Å². The summed E-state index contributed by atoms with van der Waals surface area (Å²) in [6, 6.07) is 19.9. The van der Waals surface area contributed by atoms with Crippen LogP contribution in [0.25, 0.3) is 6.08 Å². The van der Waals surface area contributed by atoms with E-state index in [1.165, 1.54) is 30.5 Å². The lowest BCUT2D eigenvalue weighted by Crippen LogP contribution is -2.19. The molecule has 0 unspecified atom stereocenters. The van der Waals surface area contributed by atoms with Gasteiger partial charge in [-0.1, -0.05) is 58.4 Å². The molecule has 1 amide bonds. The summed E-state index contributed by atoms with van der Waals surface area (Å²) < 4.78 is 19.8. The second-order valence-corrected chi connectivity index (χ2v) is 6.94. The van der Waals surface area contributed by atoms with Gasteiger partial charge in [-0.25, -0.2) is 14.6 Å². The third-order valence-corrected chi connectivity index (χ3v) is 4.38. The minimum absolute atomic E-state index is 0.124. The summed E-state index contributed by atoms with van der Waals surface area (Å²) in [5.74, 6) is -1.65. The highest BCUT2D eigenvalue weighted by atomic mass is 79.9. The molecule has 0 radical (unpaired) electrons. The van der Waals surface area contributed by atoms with Crippen molar-refractivity contribution in [3.63, 3.8) is 0 Å². The zero-order chi connectivity index (χ0) is 21.3. The molecular formula is C23H16BrFN2O3. The van der Waals surface area contributed by atoms with E-state index in [2.05, 4.69) is 26.5 Å². The molecule has 0 spiro atoms. The summed E-state index contributed by atoms with van der Waals surface area (Å²) in [6.07, 6.45) is 4.27. The van der Waals surface area contributed by atoms with Crippen LogP contribution in [-0.2, 0) is 4.79 Å². The van der Waals surface area contributed by atoms with Gasteiger partial charge >= 0.3 is 5.97 Å². The number of rotatable bonds is 6. The molecule has 0 aliphatic carbocycles. The Morgan fingerprint density at radius 2 is 1.73 bits per heavy atom. The van der Waals surface area contributed by atoms with E-state index >= 15 is 0 Å². The largest absolute Gasteiger partial charge is 0.423 e. The van der Waals surface area contributed by atoms with E-state index < -0.39 is 17.7 Å². The van der Waals surface area contributed by atoms with E-state index in [-0.39, 0.29) is 11.3 Å². The normalized spacial score (nSPS) is 11.0. The fourth-order valence-corrected chi connectivity index (χ4v) is 2.83. The second kappa shape index (κ2) is 10.3. The van der Waals surface area contributed by atoms with Crippen molar-refractivity contribution in [3.8, 4) is 5.75 Å². The van der Waals surface area contributed by atoms with Gasteiger partial charge in [-0.3, -0.25) is 4.79 Å². The van der Waals surface area contributed by atoms with E-state index in [4.69, 9.17) is 4.74 Å². The third-order valence-electron chi connectivity index (χ3n) is 3.88. The molecule has 0 atom stereocenters. The van der Waals surface area contributed by atoms with Gasteiger partial charge in [-0.2, -0.15) is 5.10 Å². The first kappa shape index (κ1) is 21.1. The SMILES string of the molecule is O=C(/C=C/c1ccccc1)Oc1ccc(Br)cc1/C=N/NC(=O)c1ccccc1F. The van der Waals surface area contributed by atoms with E-state index in [1.54, 1.807) is 30.3 Å². The van der Waals surface area contributed by atoms with Crippen molar-refractivity contribution in [1.29, 1.82) is 0 Å². The number of benzene rings is 3. The second-order valence-electron chi connectivity index (χ2n) is 6.03. The molecule has 30 heavy (non-hydrogen) atoms. The number of amides is 1. The number of hydrogen-bond donors (Lipinski definition) is 1. The number of esters is 1. The molecule has 0 aliphatic heterocycles. The van der Waals surface area contributed by atoms with Crippen LogP contribution in [-0.4, -0.2) is 18.1 Å². The lowest BCUT2D eigenvalue weighted by molar-refractivity contribution is -0.128. The molecule has 3 aromatic rings. The van der Waals surface area contributed by atoms with Crippen LogP contribution in [0.3, 0.4) is 0 Å². The highest BCUT2D eigenvalue weighted by molar-refractivity contribution is 9.10. The Morgan fingerprint density at radius 3 is 2.50 bits per heavy atom. The van der Waals surface area contributed by atoms with Crippen LogP contribution >= 0.6 is 15.9 Å². The maximum Gasteiger partial charge on any atom is 0.336 e. The van der Waals surface area contributed by atoms with Crippen LogP contribution in [0, 0.1) is 5.82 Å². The van der Waals surface area contributed by atoms with Crippen LogP contribution in [0.5, 0.6) is 5.75 Å². The van der Waals surface area contributed by atoms with Gasteiger partial charge in [0.25, 0.3) is 5.91 Å². The van der Waals surface area contributed by atoms with Crippen molar-refractivity contribution in [2.24, 2.45) is 5.10 Å². The minimum atomic E-state index is -0.691. The number of halogens is 2. The van der Waals surface area contributed by atoms with Crippen molar-refractivity contribution >= 4 is 40.1 Å². The molecular weight excluding hydrogens is 451 g/mol. The Morgan fingerprint density at radius 1 is 1.00 bits per heavy atom. The van der Waals surface area contributed by atoms with Crippen molar-refractivity contribution in [1.82, 2.24) is 5.43 Å². The maximum atomic E-state index is 13.7. The number of hydrazone groups is 1. The minimum Gasteiger partial charge on any atom is -0.423 e. The van der Waals surface area contributed by atoms with Gasteiger partial charge in [0.1, 0.15) is 11.6 Å². The number of hydrogen-bond acceptors (Lipinski definition) is 4. The Hall–Kier alpha value is -3.58. The molecule has 5 nitrogen and oxygen atoms in total. The van der Waals surface area contributed by atoms with Crippen molar-refractivity contribution in [2.45, 2.75) is 0 Å². The number of carbonyl (C=O) groups excluding carboxylic acids is 2. The van der Waals surface area contributed by atoms with Crippen molar-refractivity contribution in [2.75, 3.05) is 0 Å². The van der Waals surface area contributed by atoms with Gasteiger partial charge in [0.2, 0.25) is 0 Å². The van der Waals surface area contributed by atoms with Gasteiger partial charge in [-0.15, -0.1) is 0 Å². The average molecular weight is 467 g/mol. The molecule has 0 aromatic heterocycles. The van der Waals surface area contributed by atoms with E-state index in [9.17, 15) is 14.0 Å². The van der Waals surface area contributed by atoms with Crippen LogP contribution in [0.1, 0.15) is 21.5 Å². The van der Waals surface area contributed by atoms with Crippen LogP contribution in [0.15, 0.2) is 88.4 Å². The Kier molecular flexibility index (Phi) is 7.24. The zero-order valence-corrected chi connectivity index (χ0v) is 17.2. The summed E-state index contributed by atoms with van der Waals surface area (Å²) in [7, 11) is 0. The number of carbonyl (C=O) groups is 2. The first-order valence-corrected chi connectivity index (χ1v) is 9.64. The first-order chi connectivity index (χ1) is 14.5. The molecule has 0 saturated heterocycles. The third kappa shape index (κ3) is 5.96. The Bertz CT molecular complexity index is 1110. The lowest BCUT2D eigenvalue weighted by atomic mass is 10.2. The van der Waals surface area contributed by atoms with Crippen molar-refractivity contribution < 1.29 is 18.7 Å². The lowest BCUT2D eigenvalue weighted by Gasteiger charge is -2.06. The standard InChI is InChI=1S/C23H16BrFN2O3/c24-18-11-12-21(30-22(28)13-10-16-6-2-1-3-7-16)17(14-18)15-26-27-23(29)19-8-4-5-9-20(19)25/h1-15H,(H,27,29)/b13-10+,26-15+. The fraction of sp³-hybridized carbons (Fsp3) is 0. The molecule has 1 N–H and O–H groups in total. The molecule has 0 heterocycles. The van der Waals surface area contributed by atoms with Crippen molar-refractivity contribution in [3.05, 3.63) is 106 Å². The fourth-order valence-electron chi connectivity index (χ4n) is 2.45. The highest BCUT2D eigenvalue weighted by Gasteiger charge is 2.10. The molecule has 150 valence electrons. The predicted molar refractivity (Wildman–Crippen MR) is 117 cm³/mol. The zero-order valence-electron chi connectivity index (χ0n) is 15.6. The number of nitrogens with one attached hydrogen (secondary N) is 1. The smallest absolute Gasteiger partial charge is 0.336 e. The molecule has 0 aliphatic rings. The molecule has 0 saturated carbocycles. The average Bonchev–Trinajstić information content (AvgIpc) is 2.75. The first-order valence-electron chi connectivity index (χ1n) is 8.85. The monoisotopic (exact) mass is 466 g/mol. The summed E-state index contributed by atoms with van der Waals surface area (Å²) in [4.78, 5) is 24.2. The Balaban J connectivity index is 1.69. The molecule has 0 fully saturated rings. The molecule has 3 rings (SSSR count). The van der Waals surface area contributed by atoms with Gasteiger partial charge in [0, 0.05) is 16.1 Å². The van der Waals surface area contributed by atoms with E-state index in [0.717, 1.165) is 10.0 Å². The summed E-state index contributed by atoms with van der Waals surface area (Å²) in [5.41, 5.74) is 3.44. The number of ether oxygens (including phenoxy) is 1. The maximum absolute atomic E-state index is 13.7. The van der Waals surface area contributed by atoms with Gasteiger partial charge < -0.3 is 4.74 Å². The molecule has 0 bridgehead atoms. The van der Waals surface area contributed by atoms with Crippen LogP contribution in [0.4, 0.5) is 4.39 Å². The summed E-state index contributed by atoms with van der Waals surface area (Å²) in [6.45, 7) is 0. The molecule has 7 heteroatoms. The van der Waals surface area contributed by atoms with Gasteiger partial charge in [-0.05, 0) is 42.0 Å². The van der Waals surface area contributed by atoms with Crippen LogP contribution in [0.2, 0.25) is 0 Å². The number of nitrogens with zero attached hydrogens (tertiary/aromatic N) is 1. The summed E-state index contributed by atoms with van der Waals surface area (Å²) >= 11 is 3.34. The van der Waals surface area contributed by atoms with Crippen LogP contribution < -0.4 is 10.2 Å². The summed E-state index contributed by atoms with van der Waals surface area (Å²) in [5, 5.41) is 3.84. The van der Waals surface area contributed by atoms with E-state index in [0.29, 0.717) is 5.56 Å². The molecule has 3 aromatic carbocycles. The quantitative estimate of drug-likeness (QED) is 0.183. The highest BCUT2D eigenvalue weighted by Crippen LogP contribution is 2.22. The predicted octanol–water partition coefficient (Wildman–Crippen LogP) is 4.97.